The zero-order valence-corrected chi connectivity index (χ0v) is 13.4. The maximum atomic E-state index is 3.73. The molecule has 2 aliphatic heterocycles. The number of likely N-dealkylation sites (tertiary alicyclic amines) is 1. The maximum Gasteiger partial charge on any atom is 0.0278 e. The van der Waals surface area contributed by atoms with Gasteiger partial charge in [-0.25, -0.2) is 0 Å². The van der Waals surface area contributed by atoms with Crippen molar-refractivity contribution in [1.82, 2.24) is 15.1 Å². The summed E-state index contributed by atoms with van der Waals surface area (Å²) in [4.78, 5) is 5.33. The summed E-state index contributed by atoms with van der Waals surface area (Å²) < 4.78 is 0. The third-order valence-electron chi connectivity index (χ3n) is 5.43. The van der Waals surface area contributed by atoms with Crippen LogP contribution < -0.4 is 5.32 Å². The van der Waals surface area contributed by atoms with Gasteiger partial charge in [-0.1, -0.05) is 13.8 Å². The van der Waals surface area contributed by atoms with Crippen molar-refractivity contribution in [3.63, 3.8) is 0 Å². The number of piperidine rings is 1. The molecule has 2 fully saturated rings. The molecule has 0 radical (unpaired) electrons. The fraction of sp³-hybridized carbons (Fsp3) is 1.00. The predicted molar refractivity (Wildman–Crippen MR) is 82.6 cm³/mol. The van der Waals surface area contributed by atoms with Gasteiger partial charge in [-0.3, -0.25) is 4.90 Å². The van der Waals surface area contributed by atoms with Crippen LogP contribution in [0.2, 0.25) is 0 Å². The van der Waals surface area contributed by atoms with E-state index in [4.69, 9.17) is 0 Å². The van der Waals surface area contributed by atoms with Crippen LogP contribution in [0.4, 0.5) is 0 Å². The molecule has 2 rings (SSSR count). The average Bonchev–Trinajstić information content (AvgIpc) is 2.44. The monoisotopic (exact) mass is 267 g/mol. The van der Waals surface area contributed by atoms with Crippen LogP contribution in [-0.4, -0.2) is 60.6 Å². The highest BCUT2D eigenvalue weighted by molar-refractivity contribution is 4.93. The normalized spacial score (nSPS) is 35.7. The van der Waals surface area contributed by atoms with Crippen LogP contribution in [0, 0.1) is 5.92 Å². The fourth-order valence-corrected chi connectivity index (χ4v) is 3.48. The lowest BCUT2D eigenvalue weighted by molar-refractivity contribution is 0.0623. The largest absolute Gasteiger partial charge is 0.309 e. The van der Waals surface area contributed by atoms with Gasteiger partial charge in [0.1, 0.15) is 0 Å². The third kappa shape index (κ3) is 3.93. The minimum Gasteiger partial charge on any atom is -0.309 e. The summed E-state index contributed by atoms with van der Waals surface area (Å²) >= 11 is 0. The molecule has 0 saturated carbocycles. The molecule has 3 nitrogen and oxygen atoms in total. The van der Waals surface area contributed by atoms with Crippen LogP contribution in [0.15, 0.2) is 0 Å². The molecule has 19 heavy (non-hydrogen) atoms. The van der Waals surface area contributed by atoms with E-state index in [1.165, 1.54) is 52.0 Å². The second kappa shape index (κ2) is 6.55. The Bertz CT molecular complexity index is 273. The first-order valence-corrected chi connectivity index (χ1v) is 8.27. The van der Waals surface area contributed by atoms with Crippen LogP contribution in [-0.2, 0) is 0 Å². The molecule has 112 valence electrons. The zero-order valence-electron chi connectivity index (χ0n) is 13.4. The second-order valence-corrected chi connectivity index (χ2v) is 6.95. The standard InChI is InChI=1S/C16H33N3/c1-5-16(4)13-19(14(3)11-17-16)12-15-7-9-18(6-2)10-8-15/h14-15,17H,5-13H2,1-4H3. The highest BCUT2D eigenvalue weighted by atomic mass is 15.2. The summed E-state index contributed by atoms with van der Waals surface area (Å²) in [5.74, 6) is 0.921. The number of nitrogens with zero attached hydrogens (tertiary/aromatic N) is 2. The lowest BCUT2D eigenvalue weighted by Crippen LogP contribution is -2.62. The van der Waals surface area contributed by atoms with Gasteiger partial charge in [-0.05, 0) is 58.7 Å². The number of hydrogen-bond donors (Lipinski definition) is 1. The first kappa shape index (κ1) is 15.3. The molecule has 2 unspecified atom stereocenters. The molecular formula is C16H33N3. The molecule has 0 amide bonds. The van der Waals surface area contributed by atoms with Gasteiger partial charge in [0.05, 0.1) is 0 Å². The average molecular weight is 267 g/mol. The molecule has 0 spiro atoms. The SMILES string of the molecule is CCN1CCC(CN2CC(C)(CC)NCC2C)CC1. The van der Waals surface area contributed by atoms with Gasteiger partial charge in [0.2, 0.25) is 0 Å². The van der Waals surface area contributed by atoms with Crippen molar-refractivity contribution in [3.8, 4) is 0 Å². The van der Waals surface area contributed by atoms with Crippen molar-refractivity contribution in [2.24, 2.45) is 5.92 Å². The Morgan fingerprint density at radius 2 is 1.89 bits per heavy atom. The van der Waals surface area contributed by atoms with E-state index in [2.05, 4.69) is 42.8 Å². The molecule has 0 bridgehead atoms. The van der Waals surface area contributed by atoms with Gasteiger partial charge in [-0.2, -0.15) is 0 Å². The van der Waals surface area contributed by atoms with Gasteiger partial charge >= 0.3 is 0 Å². The van der Waals surface area contributed by atoms with Gasteiger partial charge in [0.15, 0.2) is 0 Å². The summed E-state index contributed by atoms with van der Waals surface area (Å²) in [6, 6.07) is 0.698. The summed E-state index contributed by atoms with van der Waals surface area (Å²) in [5, 5.41) is 3.73. The van der Waals surface area contributed by atoms with Crippen molar-refractivity contribution >= 4 is 0 Å². The molecule has 0 aliphatic carbocycles. The molecule has 0 aromatic carbocycles. The third-order valence-corrected chi connectivity index (χ3v) is 5.43. The first-order valence-electron chi connectivity index (χ1n) is 8.27. The van der Waals surface area contributed by atoms with Crippen LogP contribution in [0.1, 0.15) is 47.0 Å². The molecule has 3 heteroatoms. The van der Waals surface area contributed by atoms with Crippen molar-refractivity contribution in [2.45, 2.75) is 58.5 Å². The van der Waals surface area contributed by atoms with Gasteiger partial charge in [-0.15, -0.1) is 0 Å². The van der Waals surface area contributed by atoms with Crippen molar-refractivity contribution in [2.75, 3.05) is 39.3 Å². The van der Waals surface area contributed by atoms with E-state index in [-0.39, 0.29) is 0 Å². The number of piperazine rings is 1. The molecule has 2 saturated heterocycles. The minimum absolute atomic E-state index is 0.330. The molecule has 2 heterocycles. The number of rotatable bonds is 4. The predicted octanol–water partition coefficient (Wildman–Crippen LogP) is 2.18. The second-order valence-electron chi connectivity index (χ2n) is 6.95. The Balaban J connectivity index is 1.84. The molecule has 0 aromatic heterocycles. The van der Waals surface area contributed by atoms with E-state index >= 15 is 0 Å². The van der Waals surface area contributed by atoms with E-state index in [1.54, 1.807) is 0 Å². The lowest BCUT2D eigenvalue weighted by Gasteiger charge is -2.46. The summed E-state index contributed by atoms with van der Waals surface area (Å²) in [6.45, 7) is 16.9. The van der Waals surface area contributed by atoms with E-state index in [0.29, 0.717) is 11.6 Å². The Morgan fingerprint density at radius 1 is 1.21 bits per heavy atom. The lowest BCUT2D eigenvalue weighted by atomic mass is 9.90. The first-order chi connectivity index (χ1) is 9.06. The molecule has 0 aromatic rings. The van der Waals surface area contributed by atoms with E-state index in [1.807, 2.05) is 0 Å². The highest BCUT2D eigenvalue weighted by Crippen LogP contribution is 2.23. The maximum absolute atomic E-state index is 3.73. The van der Waals surface area contributed by atoms with Crippen LogP contribution >= 0.6 is 0 Å². The summed E-state index contributed by atoms with van der Waals surface area (Å²) in [6.07, 6.45) is 4.02. The van der Waals surface area contributed by atoms with E-state index in [9.17, 15) is 0 Å². The Labute approximate surface area is 119 Å². The zero-order chi connectivity index (χ0) is 13.9. The molecule has 1 N–H and O–H groups in total. The summed E-state index contributed by atoms with van der Waals surface area (Å²) in [5.41, 5.74) is 0.330. The highest BCUT2D eigenvalue weighted by Gasteiger charge is 2.33. The van der Waals surface area contributed by atoms with Crippen molar-refractivity contribution in [1.29, 1.82) is 0 Å². The van der Waals surface area contributed by atoms with E-state index in [0.717, 1.165) is 12.5 Å². The number of hydrogen-bond acceptors (Lipinski definition) is 3. The van der Waals surface area contributed by atoms with Gasteiger partial charge in [0, 0.05) is 31.2 Å². The van der Waals surface area contributed by atoms with Crippen molar-refractivity contribution < 1.29 is 0 Å². The Hall–Kier alpha value is -0.120. The molecular weight excluding hydrogens is 234 g/mol. The van der Waals surface area contributed by atoms with E-state index < -0.39 is 0 Å². The number of nitrogens with one attached hydrogen (secondary N) is 1. The van der Waals surface area contributed by atoms with Gasteiger partial charge in [0.25, 0.3) is 0 Å². The Kier molecular flexibility index (Phi) is 5.27. The molecule has 2 atom stereocenters. The smallest absolute Gasteiger partial charge is 0.0278 e. The molecule has 2 aliphatic rings. The Morgan fingerprint density at radius 3 is 2.47 bits per heavy atom. The van der Waals surface area contributed by atoms with Gasteiger partial charge < -0.3 is 10.2 Å². The summed E-state index contributed by atoms with van der Waals surface area (Å²) in [7, 11) is 0. The van der Waals surface area contributed by atoms with Crippen molar-refractivity contribution in [3.05, 3.63) is 0 Å². The fourth-order valence-electron chi connectivity index (χ4n) is 3.48. The van der Waals surface area contributed by atoms with Crippen LogP contribution in [0.5, 0.6) is 0 Å². The quantitative estimate of drug-likeness (QED) is 0.842. The van der Waals surface area contributed by atoms with Crippen LogP contribution in [0.25, 0.3) is 0 Å². The topological polar surface area (TPSA) is 18.5 Å². The van der Waals surface area contributed by atoms with Crippen LogP contribution in [0.3, 0.4) is 0 Å². The minimum atomic E-state index is 0.330.